The van der Waals surface area contributed by atoms with E-state index in [1.165, 1.54) is 32.1 Å². The van der Waals surface area contributed by atoms with Crippen LogP contribution in [0.2, 0.25) is 0 Å². The number of hydrogen-bond acceptors (Lipinski definition) is 3. The number of hydrogen-bond donors (Lipinski definition) is 0. The standard InChI is InChI=1S/C17H30BrNO3/c1-12(13-8-6-5-7-9-13)21-15-11-19(10-14(15)18)16(20)22-17(2,3)4/h12-15H,5-11H2,1-4H3. The first-order valence-electron chi connectivity index (χ1n) is 8.54. The molecule has 0 N–H and O–H groups in total. The molecule has 0 aromatic heterocycles. The molecule has 0 aromatic carbocycles. The number of rotatable bonds is 3. The molecule has 1 heterocycles. The highest BCUT2D eigenvalue weighted by molar-refractivity contribution is 9.09. The number of nitrogens with zero attached hydrogens (tertiary/aromatic N) is 1. The Kier molecular flexibility index (Phi) is 6.17. The van der Waals surface area contributed by atoms with Crippen LogP contribution in [0.1, 0.15) is 59.8 Å². The smallest absolute Gasteiger partial charge is 0.410 e. The van der Waals surface area contributed by atoms with Gasteiger partial charge >= 0.3 is 6.09 Å². The summed E-state index contributed by atoms with van der Waals surface area (Å²) in [5.41, 5.74) is -0.451. The van der Waals surface area contributed by atoms with E-state index in [1.54, 1.807) is 4.90 Å². The molecule has 0 bridgehead atoms. The van der Waals surface area contributed by atoms with E-state index >= 15 is 0 Å². The molecule has 128 valence electrons. The second-order valence-electron chi connectivity index (χ2n) is 7.68. The van der Waals surface area contributed by atoms with Gasteiger partial charge in [-0.25, -0.2) is 4.79 Å². The molecule has 0 spiro atoms. The average molecular weight is 376 g/mol. The molecule has 4 nitrogen and oxygen atoms in total. The molecule has 3 atom stereocenters. The van der Waals surface area contributed by atoms with Crippen LogP contribution in [0, 0.1) is 5.92 Å². The van der Waals surface area contributed by atoms with Gasteiger partial charge in [-0.2, -0.15) is 0 Å². The largest absolute Gasteiger partial charge is 0.444 e. The zero-order valence-electron chi connectivity index (χ0n) is 14.3. The highest BCUT2D eigenvalue weighted by Crippen LogP contribution is 2.31. The Bertz CT molecular complexity index is 377. The number of halogens is 1. The Morgan fingerprint density at radius 1 is 1.18 bits per heavy atom. The number of ether oxygens (including phenoxy) is 2. The van der Waals surface area contributed by atoms with Gasteiger partial charge in [-0.15, -0.1) is 0 Å². The molecule has 3 unspecified atom stereocenters. The Hall–Kier alpha value is -0.290. The fourth-order valence-corrected chi connectivity index (χ4v) is 3.97. The summed E-state index contributed by atoms with van der Waals surface area (Å²) in [5, 5.41) is 0. The molecule has 1 saturated carbocycles. The Labute approximate surface area is 143 Å². The number of carbonyl (C=O) groups is 1. The van der Waals surface area contributed by atoms with Crippen LogP contribution in [0.4, 0.5) is 4.79 Å². The van der Waals surface area contributed by atoms with Crippen molar-refractivity contribution in [3.8, 4) is 0 Å². The van der Waals surface area contributed by atoms with Crippen LogP contribution < -0.4 is 0 Å². The number of likely N-dealkylation sites (tertiary alicyclic amines) is 1. The lowest BCUT2D eigenvalue weighted by molar-refractivity contribution is -0.0347. The van der Waals surface area contributed by atoms with E-state index in [2.05, 4.69) is 22.9 Å². The van der Waals surface area contributed by atoms with E-state index in [4.69, 9.17) is 9.47 Å². The van der Waals surface area contributed by atoms with E-state index in [1.807, 2.05) is 20.8 Å². The lowest BCUT2D eigenvalue weighted by atomic mass is 9.86. The second kappa shape index (κ2) is 7.52. The third-order valence-corrected chi connectivity index (χ3v) is 5.43. The fourth-order valence-electron chi connectivity index (χ4n) is 3.33. The van der Waals surface area contributed by atoms with E-state index in [0.29, 0.717) is 19.0 Å². The maximum atomic E-state index is 12.2. The topological polar surface area (TPSA) is 38.8 Å². The molecule has 5 heteroatoms. The number of alkyl halides is 1. The van der Waals surface area contributed by atoms with E-state index < -0.39 is 5.60 Å². The van der Waals surface area contributed by atoms with Crippen molar-refractivity contribution in [2.24, 2.45) is 5.92 Å². The van der Waals surface area contributed by atoms with Crippen LogP contribution in [0.3, 0.4) is 0 Å². The normalized spacial score (nSPS) is 28.7. The lowest BCUT2D eigenvalue weighted by Crippen LogP contribution is -2.37. The Morgan fingerprint density at radius 3 is 2.41 bits per heavy atom. The van der Waals surface area contributed by atoms with Crippen molar-refractivity contribution in [2.45, 2.75) is 82.4 Å². The zero-order chi connectivity index (χ0) is 16.3. The SMILES string of the molecule is CC(OC1CN(C(=O)OC(C)(C)C)CC1Br)C1CCCCC1. The molecular formula is C17H30BrNO3. The monoisotopic (exact) mass is 375 g/mol. The minimum atomic E-state index is -0.451. The van der Waals surface area contributed by atoms with E-state index in [-0.39, 0.29) is 23.1 Å². The molecule has 22 heavy (non-hydrogen) atoms. The van der Waals surface area contributed by atoms with Crippen molar-refractivity contribution in [1.29, 1.82) is 0 Å². The summed E-state index contributed by atoms with van der Waals surface area (Å²) in [6, 6.07) is 0. The van der Waals surface area contributed by atoms with Crippen LogP contribution in [-0.4, -0.2) is 46.7 Å². The second-order valence-corrected chi connectivity index (χ2v) is 8.86. The van der Waals surface area contributed by atoms with Crippen molar-refractivity contribution in [3.05, 3.63) is 0 Å². The van der Waals surface area contributed by atoms with Crippen LogP contribution in [0.15, 0.2) is 0 Å². The van der Waals surface area contributed by atoms with Crippen LogP contribution >= 0.6 is 15.9 Å². The van der Waals surface area contributed by atoms with E-state index in [9.17, 15) is 4.79 Å². The highest BCUT2D eigenvalue weighted by atomic mass is 79.9. The van der Waals surface area contributed by atoms with Gasteiger partial charge in [0.1, 0.15) is 5.60 Å². The fraction of sp³-hybridized carbons (Fsp3) is 0.941. The lowest BCUT2D eigenvalue weighted by Gasteiger charge is -2.30. The average Bonchev–Trinajstić information content (AvgIpc) is 2.79. The van der Waals surface area contributed by atoms with Crippen LogP contribution in [-0.2, 0) is 9.47 Å². The number of carbonyl (C=O) groups excluding carboxylic acids is 1. The van der Waals surface area contributed by atoms with Gasteiger partial charge in [0.25, 0.3) is 0 Å². The number of amides is 1. The zero-order valence-corrected chi connectivity index (χ0v) is 15.9. The molecule has 2 fully saturated rings. The van der Waals surface area contributed by atoms with Crippen LogP contribution in [0.25, 0.3) is 0 Å². The summed E-state index contributed by atoms with van der Waals surface area (Å²) in [6.07, 6.45) is 6.64. The first-order chi connectivity index (χ1) is 10.3. The van der Waals surface area contributed by atoms with Crippen molar-refractivity contribution in [1.82, 2.24) is 4.90 Å². The summed E-state index contributed by atoms with van der Waals surface area (Å²) >= 11 is 3.67. The maximum Gasteiger partial charge on any atom is 0.410 e. The molecule has 1 aliphatic carbocycles. The summed E-state index contributed by atoms with van der Waals surface area (Å²) < 4.78 is 11.7. The molecule has 0 radical (unpaired) electrons. The predicted molar refractivity (Wildman–Crippen MR) is 91.4 cm³/mol. The van der Waals surface area contributed by atoms with Gasteiger partial charge in [-0.1, -0.05) is 35.2 Å². The van der Waals surface area contributed by atoms with Gasteiger partial charge in [0.05, 0.1) is 23.6 Å². The first-order valence-corrected chi connectivity index (χ1v) is 9.45. The molecule has 2 rings (SSSR count). The van der Waals surface area contributed by atoms with Crippen molar-refractivity contribution >= 4 is 22.0 Å². The summed E-state index contributed by atoms with van der Waals surface area (Å²) in [6.45, 7) is 9.13. The van der Waals surface area contributed by atoms with Crippen LogP contribution in [0.5, 0.6) is 0 Å². The highest BCUT2D eigenvalue weighted by Gasteiger charge is 2.38. The quantitative estimate of drug-likeness (QED) is 0.688. The minimum absolute atomic E-state index is 0.0597. The minimum Gasteiger partial charge on any atom is -0.444 e. The summed E-state index contributed by atoms with van der Waals surface area (Å²) in [4.78, 5) is 14.1. The van der Waals surface area contributed by atoms with Gasteiger partial charge < -0.3 is 14.4 Å². The van der Waals surface area contributed by atoms with Gasteiger partial charge in [0.15, 0.2) is 0 Å². The van der Waals surface area contributed by atoms with Gasteiger partial charge in [-0.05, 0) is 46.5 Å². The molecule has 2 aliphatic rings. The molecular weight excluding hydrogens is 346 g/mol. The van der Waals surface area contributed by atoms with Crippen molar-refractivity contribution in [3.63, 3.8) is 0 Å². The predicted octanol–water partition coefficient (Wildman–Crippen LogP) is 4.35. The van der Waals surface area contributed by atoms with Crippen molar-refractivity contribution in [2.75, 3.05) is 13.1 Å². The summed E-state index contributed by atoms with van der Waals surface area (Å²) in [7, 11) is 0. The Balaban J connectivity index is 1.84. The Morgan fingerprint density at radius 2 is 1.82 bits per heavy atom. The molecule has 0 aromatic rings. The third-order valence-electron chi connectivity index (χ3n) is 4.55. The van der Waals surface area contributed by atoms with Gasteiger partial charge in [-0.3, -0.25) is 0 Å². The van der Waals surface area contributed by atoms with Gasteiger partial charge in [0.2, 0.25) is 0 Å². The third kappa shape index (κ3) is 5.12. The summed E-state index contributed by atoms with van der Waals surface area (Å²) in [5.74, 6) is 0.670. The van der Waals surface area contributed by atoms with Crippen molar-refractivity contribution < 1.29 is 14.3 Å². The van der Waals surface area contributed by atoms with E-state index in [0.717, 1.165) is 0 Å². The molecule has 1 aliphatic heterocycles. The first kappa shape index (κ1) is 18.1. The van der Waals surface area contributed by atoms with Gasteiger partial charge in [0, 0.05) is 6.54 Å². The molecule has 1 saturated heterocycles. The maximum absolute atomic E-state index is 12.2. The molecule has 1 amide bonds.